The smallest absolute Gasteiger partial charge is 0.222 e. The first-order chi connectivity index (χ1) is 11.5. The van der Waals surface area contributed by atoms with Crippen molar-refractivity contribution in [1.82, 2.24) is 15.5 Å². The Balaban J connectivity index is 2.93. The van der Waals surface area contributed by atoms with Crippen LogP contribution in [0.2, 0.25) is 0 Å². The number of carbonyl (C=O) groups is 1. The lowest BCUT2D eigenvalue weighted by Gasteiger charge is -2.33. The molecule has 1 aliphatic heterocycles. The van der Waals surface area contributed by atoms with Crippen LogP contribution in [0.4, 0.5) is 0 Å². The van der Waals surface area contributed by atoms with Crippen LogP contribution >= 0.6 is 0 Å². The van der Waals surface area contributed by atoms with Crippen LogP contribution in [0.15, 0.2) is 17.0 Å². The molecule has 138 valence electrons. The summed E-state index contributed by atoms with van der Waals surface area (Å²) in [6, 6.07) is -0.217. The van der Waals surface area contributed by atoms with Crippen molar-refractivity contribution in [3.63, 3.8) is 0 Å². The van der Waals surface area contributed by atoms with Gasteiger partial charge in [-0.05, 0) is 20.4 Å². The van der Waals surface area contributed by atoms with Gasteiger partial charge in [0.15, 0.2) is 0 Å². The molecule has 0 fully saturated rings. The fourth-order valence-corrected chi connectivity index (χ4v) is 2.65. The molecule has 4 N–H and O–H groups in total. The van der Waals surface area contributed by atoms with Crippen molar-refractivity contribution in [3.8, 4) is 0 Å². The molecule has 0 aliphatic carbocycles. The SMILES string of the molecule is CNCC1OC/C(N=N)=C/NCCCC(=O)N(C(C)CO)CC1C. The zero-order chi connectivity index (χ0) is 17.9. The number of nitrogens with zero attached hydrogens (tertiary/aromatic N) is 2. The first-order valence-corrected chi connectivity index (χ1v) is 8.49. The predicted molar refractivity (Wildman–Crippen MR) is 91.6 cm³/mol. The van der Waals surface area contributed by atoms with E-state index >= 15 is 0 Å². The van der Waals surface area contributed by atoms with Crippen molar-refractivity contribution in [1.29, 1.82) is 5.53 Å². The molecule has 8 heteroatoms. The van der Waals surface area contributed by atoms with Crippen LogP contribution in [0.5, 0.6) is 0 Å². The minimum atomic E-state index is -0.217. The van der Waals surface area contributed by atoms with E-state index < -0.39 is 0 Å². The zero-order valence-corrected chi connectivity index (χ0v) is 14.9. The van der Waals surface area contributed by atoms with Crippen LogP contribution in [0.3, 0.4) is 0 Å². The fraction of sp³-hybridized carbons (Fsp3) is 0.812. The molecular formula is C16H31N5O3. The quantitative estimate of drug-likeness (QED) is 0.550. The van der Waals surface area contributed by atoms with E-state index in [4.69, 9.17) is 10.3 Å². The highest BCUT2D eigenvalue weighted by Crippen LogP contribution is 2.15. The van der Waals surface area contributed by atoms with Crippen LogP contribution in [-0.4, -0.2) is 68.0 Å². The zero-order valence-electron chi connectivity index (χ0n) is 14.9. The van der Waals surface area contributed by atoms with Gasteiger partial charge in [-0.2, -0.15) is 5.11 Å². The summed E-state index contributed by atoms with van der Waals surface area (Å²) >= 11 is 0. The molecule has 1 aliphatic rings. The molecule has 0 spiro atoms. The van der Waals surface area contributed by atoms with E-state index in [2.05, 4.69) is 15.7 Å². The summed E-state index contributed by atoms with van der Waals surface area (Å²) in [5.41, 5.74) is 7.75. The predicted octanol–water partition coefficient (Wildman–Crippen LogP) is 0.692. The second-order valence-electron chi connectivity index (χ2n) is 6.27. The van der Waals surface area contributed by atoms with Crippen molar-refractivity contribution in [2.45, 2.75) is 38.8 Å². The molecule has 1 heterocycles. The molecule has 0 aromatic carbocycles. The molecular weight excluding hydrogens is 310 g/mol. The van der Waals surface area contributed by atoms with E-state index in [1.54, 1.807) is 11.1 Å². The maximum Gasteiger partial charge on any atom is 0.222 e. The number of carbonyl (C=O) groups excluding carboxylic acids is 1. The monoisotopic (exact) mass is 341 g/mol. The van der Waals surface area contributed by atoms with Crippen molar-refractivity contribution in [3.05, 3.63) is 11.9 Å². The third kappa shape index (κ3) is 6.54. The molecule has 1 rings (SSSR count). The maximum atomic E-state index is 12.5. The van der Waals surface area contributed by atoms with Gasteiger partial charge in [-0.3, -0.25) is 4.79 Å². The lowest BCUT2D eigenvalue weighted by molar-refractivity contribution is -0.135. The number of amides is 1. The van der Waals surface area contributed by atoms with Gasteiger partial charge in [-0.1, -0.05) is 6.92 Å². The summed E-state index contributed by atoms with van der Waals surface area (Å²) in [6.45, 7) is 5.86. The van der Waals surface area contributed by atoms with Gasteiger partial charge in [-0.15, -0.1) is 0 Å². The minimum Gasteiger partial charge on any atom is -0.394 e. The van der Waals surface area contributed by atoms with Gasteiger partial charge >= 0.3 is 0 Å². The third-order valence-electron chi connectivity index (χ3n) is 4.21. The number of hydrogen-bond acceptors (Lipinski definition) is 7. The summed E-state index contributed by atoms with van der Waals surface area (Å²) in [4.78, 5) is 14.3. The highest BCUT2D eigenvalue weighted by Gasteiger charge is 2.26. The van der Waals surface area contributed by atoms with Gasteiger partial charge in [0.2, 0.25) is 5.91 Å². The third-order valence-corrected chi connectivity index (χ3v) is 4.21. The van der Waals surface area contributed by atoms with Crippen LogP contribution in [0, 0.1) is 11.4 Å². The van der Waals surface area contributed by atoms with Gasteiger partial charge in [0, 0.05) is 38.2 Å². The van der Waals surface area contributed by atoms with E-state index in [1.165, 1.54) is 0 Å². The first kappa shape index (κ1) is 20.5. The molecule has 24 heavy (non-hydrogen) atoms. The Hall–Kier alpha value is -1.51. The first-order valence-electron chi connectivity index (χ1n) is 8.49. The topological polar surface area (TPSA) is 110 Å². The Labute approximate surface area is 144 Å². The van der Waals surface area contributed by atoms with E-state index in [0.717, 1.165) is 0 Å². The van der Waals surface area contributed by atoms with E-state index in [-0.39, 0.29) is 37.2 Å². The van der Waals surface area contributed by atoms with Crippen LogP contribution in [-0.2, 0) is 9.53 Å². The van der Waals surface area contributed by atoms with Gasteiger partial charge in [0.1, 0.15) is 5.70 Å². The number of aliphatic hydroxyl groups excluding tert-OH is 1. The number of rotatable bonds is 5. The van der Waals surface area contributed by atoms with Crippen molar-refractivity contribution in [2.75, 3.05) is 39.9 Å². The molecule has 0 bridgehead atoms. The number of aliphatic hydroxyl groups is 1. The van der Waals surface area contributed by atoms with Gasteiger partial charge < -0.3 is 25.4 Å². The molecule has 0 saturated carbocycles. The Morgan fingerprint density at radius 1 is 1.62 bits per heavy atom. The summed E-state index contributed by atoms with van der Waals surface area (Å²) in [6.07, 6.45) is 2.65. The van der Waals surface area contributed by atoms with Crippen molar-refractivity contribution < 1.29 is 14.6 Å². The highest BCUT2D eigenvalue weighted by molar-refractivity contribution is 5.76. The molecule has 0 saturated heterocycles. The summed E-state index contributed by atoms with van der Waals surface area (Å²) in [5.74, 6) is 0.123. The Morgan fingerprint density at radius 3 is 3.00 bits per heavy atom. The number of nitrogens with one attached hydrogen (secondary N) is 3. The van der Waals surface area contributed by atoms with Gasteiger partial charge in [0.05, 0.1) is 25.4 Å². The molecule has 0 aromatic heterocycles. The second-order valence-corrected chi connectivity index (χ2v) is 6.27. The molecule has 3 atom stereocenters. The Morgan fingerprint density at radius 2 is 2.38 bits per heavy atom. The van der Waals surface area contributed by atoms with E-state index in [9.17, 15) is 9.90 Å². The Kier molecular flexibility index (Phi) is 9.51. The summed E-state index contributed by atoms with van der Waals surface area (Å²) in [7, 11) is 1.85. The molecule has 0 radical (unpaired) electrons. The average Bonchev–Trinajstić information content (AvgIpc) is 2.59. The minimum absolute atomic E-state index is 0.0436. The van der Waals surface area contributed by atoms with Crippen LogP contribution in [0.25, 0.3) is 0 Å². The molecule has 0 aromatic rings. The maximum absolute atomic E-state index is 12.5. The van der Waals surface area contributed by atoms with Crippen molar-refractivity contribution in [2.24, 2.45) is 11.0 Å². The van der Waals surface area contributed by atoms with Gasteiger partial charge in [-0.25, -0.2) is 5.53 Å². The lowest BCUT2D eigenvalue weighted by Crippen LogP contribution is -2.46. The second kappa shape index (κ2) is 11.1. The van der Waals surface area contributed by atoms with E-state index in [1.807, 2.05) is 20.9 Å². The number of ether oxygens (including phenoxy) is 1. The molecule has 3 unspecified atom stereocenters. The molecule has 1 amide bonds. The average molecular weight is 341 g/mol. The highest BCUT2D eigenvalue weighted by atomic mass is 16.5. The van der Waals surface area contributed by atoms with Crippen LogP contribution in [0.1, 0.15) is 26.7 Å². The Bertz CT molecular complexity index is 430. The summed E-state index contributed by atoms with van der Waals surface area (Å²) in [5, 5.41) is 19.1. The molecule has 8 nitrogen and oxygen atoms in total. The largest absolute Gasteiger partial charge is 0.394 e. The normalized spacial score (nSPS) is 27.8. The lowest BCUT2D eigenvalue weighted by atomic mass is 10.0. The fourth-order valence-electron chi connectivity index (χ4n) is 2.65. The number of hydrogen-bond donors (Lipinski definition) is 4. The van der Waals surface area contributed by atoms with Crippen molar-refractivity contribution >= 4 is 5.91 Å². The summed E-state index contributed by atoms with van der Waals surface area (Å²) < 4.78 is 5.92. The number of likely N-dealkylation sites (N-methyl/N-ethyl adjacent to an activating group) is 1. The van der Waals surface area contributed by atoms with Crippen LogP contribution < -0.4 is 10.6 Å². The standard InChI is InChI=1S/C16H31N5O3/c1-12-9-21(13(2)10-22)16(23)5-4-6-19-7-14(20-17)11-24-15(12)8-18-3/h7,12-13,15,17-19,22H,4-6,8-11H2,1-3H3/b14-7-,20-17?. The van der Waals surface area contributed by atoms with Gasteiger partial charge in [0.25, 0.3) is 0 Å². The van der Waals surface area contributed by atoms with E-state index in [0.29, 0.717) is 38.2 Å².